The number of hydrogen-bond acceptors (Lipinski definition) is 4. The van der Waals surface area contributed by atoms with Crippen molar-refractivity contribution in [1.29, 1.82) is 0 Å². The molecule has 0 heterocycles. The average Bonchev–Trinajstić information content (AvgIpc) is 2.62. The van der Waals surface area contributed by atoms with Gasteiger partial charge in [-0.1, -0.05) is 43.3 Å². The largest absolute Gasteiger partial charge is 0.478 e. The highest BCUT2D eigenvalue weighted by Crippen LogP contribution is 2.13. The first-order chi connectivity index (χ1) is 12.3. The van der Waals surface area contributed by atoms with E-state index in [1.807, 2.05) is 6.07 Å². The number of ketones is 2. The number of carboxylic acid groups (broad SMARTS) is 2. The van der Waals surface area contributed by atoms with Gasteiger partial charge in [0.15, 0.2) is 5.78 Å². The molecule has 0 spiro atoms. The van der Waals surface area contributed by atoms with Crippen LogP contribution in [0.3, 0.4) is 0 Å². The van der Waals surface area contributed by atoms with Crippen molar-refractivity contribution < 1.29 is 29.4 Å². The normalized spacial score (nSPS) is 9.62. The fourth-order valence-corrected chi connectivity index (χ4v) is 2.13. The molecule has 2 aromatic carbocycles. The molecule has 0 bridgehead atoms. The van der Waals surface area contributed by atoms with Crippen LogP contribution >= 0.6 is 0 Å². The first-order valence-electron chi connectivity index (χ1n) is 7.94. The molecule has 0 aliphatic carbocycles. The zero-order valence-electron chi connectivity index (χ0n) is 14.6. The number of hydrogen-bond donors (Lipinski definition) is 2. The summed E-state index contributed by atoms with van der Waals surface area (Å²) in [6.07, 6.45) is 0.457. The molecular formula is C20H20O6. The second-order valence-electron chi connectivity index (χ2n) is 5.45. The maximum absolute atomic E-state index is 11.4. The average molecular weight is 356 g/mol. The second kappa shape index (κ2) is 9.88. The number of Topliss-reactive ketones (excluding diaryl/α,β-unsaturated/α-hetero) is 2. The molecule has 136 valence electrons. The van der Waals surface area contributed by atoms with Crippen molar-refractivity contribution >= 4 is 23.5 Å². The van der Waals surface area contributed by atoms with Gasteiger partial charge >= 0.3 is 11.9 Å². The standard InChI is InChI=1S/C11H12O2.C9H8O4/c1-2-10(12)8-11(13)9-6-4-3-5-7-9;1-5-6(8(10)11)3-2-4-7(5)9(12)13/h3-7H,2,8H2,1H3;2-4H,1H3,(H,10,11)(H,12,13). The monoisotopic (exact) mass is 356 g/mol. The Labute approximate surface area is 151 Å². The van der Waals surface area contributed by atoms with Gasteiger partial charge in [0.05, 0.1) is 17.5 Å². The Morgan fingerprint density at radius 1 is 0.808 bits per heavy atom. The van der Waals surface area contributed by atoms with Crippen LogP contribution in [0.5, 0.6) is 0 Å². The van der Waals surface area contributed by atoms with Gasteiger partial charge in [0.25, 0.3) is 0 Å². The molecule has 0 unspecified atom stereocenters. The van der Waals surface area contributed by atoms with Gasteiger partial charge in [-0.2, -0.15) is 0 Å². The Balaban J connectivity index is 0.000000260. The van der Waals surface area contributed by atoms with Crippen molar-refractivity contribution in [2.45, 2.75) is 26.7 Å². The molecule has 0 saturated carbocycles. The van der Waals surface area contributed by atoms with Crippen LogP contribution in [0.2, 0.25) is 0 Å². The summed E-state index contributed by atoms with van der Waals surface area (Å²) in [7, 11) is 0. The highest BCUT2D eigenvalue weighted by atomic mass is 16.4. The van der Waals surface area contributed by atoms with Crippen molar-refractivity contribution in [1.82, 2.24) is 0 Å². The van der Waals surface area contributed by atoms with E-state index >= 15 is 0 Å². The molecule has 0 aliphatic heterocycles. The van der Waals surface area contributed by atoms with Crippen LogP contribution in [-0.4, -0.2) is 33.7 Å². The van der Waals surface area contributed by atoms with Gasteiger partial charge in [-0.3, -0.25) is 9.59 Å². The predicted octanol–water partition coefficient (Wildman–Crippen LogP) is 3.63. The van der Waals surface area contributed by atoms with E-state index in [2.05, 4.69) is 0 Å². The molecule has 2 rings (SSSR count). The van der Waals surface area contributed by atoms with Crippen LogP contribution in [0.25, 0.3) is 0 Å². The molecular weight excluding hydrogens is 336 g/mol. The molecule has 0 aromatic heterocycles. The molecule has 6 nitrogen and oxygen atoms in total. The number of benzene rings is 2. The maximum atomic E-state index is 11.4. The van der Waals surface area contributed by atoms with Crippen LogP contribution in [0.15, 0.2) is 48.5 Å². The SMILES string of the molecule is CCC(=O)CC(=O)c1ccccc1.Cc1c(C(=O)O)cccc1C(=O)O. The molecule has 0 radical (unpaired) electrons. The zero-order chi connectivity index (χ0) is 19.7. The van der Waals surface area contributed by atoms with Crippen LogP contribution in [-0.2, 0) is 4.79 Å². The van der Waals surface area contributed by atoms with Crippen molar-refractivity contribution in [2.75, 3.05) is 0 Å². The molecule has 2 N–H and O–H groups in total. The number of carboxylic acids is 2. The highest BCUT2D eigenvalue weighted by molar-refractivity contribution is 6.07. The minimum Gasteiger partial charge on any atom is -0.478 e. The lowest BCUT2D eigenvalue weighted by molar-refractivity contribution is -0.117. The topological polar surface area (TPSA) is 109 Å². The molecule has 2 aromatic rings. The van der Waals surface area contributed by atoms with E-state index in [1.54, 1.807) is 31.2 Å². The van der Waals surface area contributed by atoms with Crippen molar-refractivity contribution in [3.63, 3.8) is 0 Å². The lowest BCUT2D eigenvalue weighted by Gasteiger charge is -2.03. The van der Waals surface area contributed by atoms with Gasteiger partial charge in [-0.15, -0.1) is 0 Å². The Bertz CT molecular complexity index is 776. The molecule has 6 heteroatoms. The summed E-state index contributed by atoms with van der Waals surface area (Å²) in [6.45, 7) is 3.24. The van der Waals surface area contributed by atoms with Crippen molar-refractivity contribution in [3.8, 4) is 0 Å². The first-order valence-corrected chi connectivity index (χ1v) is 7.94. The third-order valence-corrected chi connectivity index (χ3v) is 3.64. The number of rotatable bonds is 6. The molecule has 0 amide bonds. The molecule has 0 atom stereocenters. The van der Waals surface area contributed by atoms with E-state index in [-0.39, 0.29) is 34.7 Å². The third kappa shape index (κ3) is 5.98. The summed E-state index contributed by atoms with van der Waals surface area (Å²) in [5, 5.41) is 17.4. The van der Waals surface area contributed by atoms with Gasteiger partial charge in [-0.25, -0.2) is 9.59 Å². The number of carbonyl (C=O) groups excluding carboxylic acids is 2. The summed E-state index contributed by atoms with van der Waals surface area (Å²) < 4.78 is 0. The minimum atomic E-state index is -1.11. The minimum absolute atomic E-state index is 0.00569. The van der Waals surface area contributed by atoms with Gasteiger partial charge in [-0.05, 0) is 24.6 Å². The van der Waals surface area contributed by atoms with E-state index in [9.17, 15) is 19.2 Å². The van der Waals surface area contributed by atoms with Gasteiger partial charge in [0.1, 0.15) is 5.78 Å². The van der Waals surface area contributed by atoms with E-state index in [0.29, 0.717) is 12.0 Å². The number of carbonyl (C=O) groups is 4. The van der Waals surface area contributed by atoms with E-state index in [0.717, 1.165) is 0 Å². The second-order valence-corrected chi connectivity index (χ2v) is 5.45. The van der Waals surface area contributed by atoms with E-state index in [4.69, 9.17) is 10.2 Å². The zero-order valence-corrected chi connectivity index (χ0v) is 14.6. The number of aromatic carboxylic acids is 2. The molecule has 26 heavy (non-hydrogen) atoms. The van der Waals surface area contributed by atoms with Gasteiger partial charge in [0.2, 0.25) is 0 Å². The van der Waals surface area contributed by atoms with E-state index < -0.39 is 11.9 Å². The van der Waals surface area contributed by atoms with Gasteiger partial charge in [0, 0.05) is 12.0 Å². The summed E-state index contributed by atoms with van der Waals surface area (Å²) in [6, 6.07) is 13.1. The lowest BCUT2D eigenvalue weighted by atomic mass is 10.0. The smallest absolute Gasteiger partial charge is 0.335 e. The molecule has 0 fully saturated rings. The Morgan fingerprint density at radius 3 is 1.73 bits per heavy atom. The predicted molar refractivity (Wildman–Crippen MR) is 95.8 cm³/mol. The van der Waals surface area contributed by atoms with Crippen LogP contribution in [0.1, 0.15) is 56.4 Å². The maximum Gasteiger partial charge on any atom is 0.335 e. The summed E-state index contributed by atoms with van der Waals surface area (Å²) >= 11 is 0. The van der Waals surface area contributed by atoms with Crippen LogP contribution in [0, 0.1) is 6.92 Å². The fourth-order valence-electron chi connectivity index (χ4n) is 2.13. The Morgan fingerprint density at radius 2 is 1.31 bits per heavy atom. The van der Waals surface area contributed by atoms with Crippen LogP contribution in [0.4, 0.5) is 0 Å². The van der Waals surface area contributed by atoms with Crippen molar-refractivity contribution in [3.05, 3.63) is 70.8 Å². The summed E-state index contributed by atoms with van der Waals surface area (Å²) in [5.41, 5.74) is 0.951. The fraction of sp³-hybridized carbons (Fsp3) is 0.200. The Kier molecular flexibility index (Phi) is 7.89. The first kappa shape index (κ1) is 20.8. The van der Waals surface area contributed by atoms with Crippen molar-refractivity contribution in [2.24, 2.45) is 0 Å². The third-order valence-electron chi connectivity index (χ3n) is 3.64. The van der Waals surface area contributed by atoms with E-state index in [1.165, 1.54) is 25.1 Å². The van der Waals surface area contributed by atoms with Crippen LogP contribution < -0.4 is 0 Å². The summed E-state index contributed by atoms with van der Waals surface area (Å²) in [4.78, 5) is 43.6. The molecule has 0 saturated heterocycles. The van der Waals surface area contributed by atoms with Gasteiger partial charge < -0.3 is 10.2 Å². The highest BCUT2D eigenvalue weighted by Gasteiger charge is 2.13. The quantitative estimate of drug-likeness (QED) is 0.604. The lowest BCUT2D eigenvalue weighted by Crippen LogP contribution is -2.06. The Hall–Kier alpha value is -3.28. The molecule has 0 aliphatic rings. The summed E-state index contributed by atoms with van der Waals surface area (Å²) in [5.74, 6) is -2.32.